The molecule has 0 amide bonds. The zero-order valence-electron chi connectivity index (χ0n) is 15.9. The van der Waals surface area contributed by atoms with Crippen LogP contribution in [0, 0.1) is 0 Å². The number of nitrogens with zero attached hydrogens (tertiary/aromatic N) is 3. The van der Waals surface area contributed by atoms with Gasteiger partial charge in [-0.2, -0.15) is 0 Å². The number of aliphatic hydroxyl groups is 3. The van der Waals surface area contributed by atoms with Crippen LogP contribution < -0.4 is 0 Å². The molecule has 23 heavy (non-hydrogen) atoms. The number of quaternary nitrogens is 2. The molecule has 0 spiro atoms. The predicted octanol–water partition coefficient (Wildman–Crippen LogP) is -1.57. The Morgan fingerprint density at radius 3 is 1.61 bits per heavy atom. The maximum Gasteiger partial charge on any atom is 0.115 e. The van der Waals surface area contributed by atoms with E-state index in [1.54, 1.807) is 0 Å². The van der Waals surface area contributed by atoms with E-state index < -0.39 is 12.2 Å². The lowest BCUT2D eigenvalue weighted by Crippen LogP contribution is -2.50. The molecule has 7 nitrogen and oxygen atoms in total. The number of likely N-dealkylation sites (N-methyl/N-ethyl adjacent to an activating group) is 2. The van der Waals surface area contributed by atoms with Crippen molar-refractivity contribution in [2.45, 2.75) is 12.2 Å². The summed E-state index contributed by atoms with van der Waals surface area (Å²) in [6.07, 6.45) is -0.909. The van der Waals surface area contributed by atoms with Crippen LogP contribution in [0.4, 0.5) is 0 Å². The van der Waals surface area contributed by atoms with Crippen LogP contribution >= 0.6 is 0 Å². The number of ether oxygens (including phenoxy) is 1. The van der Waals surface area contributed by atoms with Gasteiger partial charge in [0.25, 0.3) is 0 Å². The Morgan fingerprint density at radius 2 is 1.26 bits per heavy atom. The summed E-state index contributed by atoms with van der Waals surface area (Å²) in [5, 5.41) is 29.3. The van der Waals surface area contributed by atoms with Crippen LogP contribution in [0.2, 0.25) is 0 Å². The molecule has 2 unspecified atom stereocenters. The van der Waals surface area contributed by atoms with E-state index in [4.69, 9.17) is 9.84 Å². The third-order valence-electron chi connectivity index (χ3n) is 3.24. The molecule has 0 saturated heterocycles. The van der Waals surface area contributed by atoms with E-state index >= 15 is 0 Å². The van der Waals surface area contributed by atoms with E-state index in [1.807, 2.05) is 47.2 Å². The highest BCUT2D eigenvalue weighted by Crippen LogP contribution is 2.03. The third-order valence-corrected chi connectivity index (χ3v) is 3.24. The molecular weight excluding hydrogens is 298 g/mol. The molecular formula is C16H39N3O4+2. The van der Waals surface area contributed by atoms with Crippen molar-refractivity contribution in [3.8, 4) is 0 Å². The SMILES string of the molecule is C[N+](C)(C)CC(O)CN(CCOCCO)CC(O)C[N+](C)(C)C. The van der Waals surface area contributed by atoms with Crippen molar-refractivity contribution in [1.29, 1.82) is 0 Å². The average Bonchev–Trinajstić information content (AvgIpc) is 2.29. The molecule has 0 aliphatic rings. The average molecular weight is 338 g/mol. The monoisotopic (exact) mass is 337 g/mol. The fourth-order valence-electron chi connectivity index (χ4n) is 2.59. The van der Waals surface area contributed by atoms with Crippen LogP contribution in [0.1, 0.15) is 0 Å². The summed E-state index contributed by atoms with van der Waals surface area (Å²) in [6, 6.07) is 0. The van der Waals surface area contributed by atoms with E-state index in [0.29, 0.717) is 54.9 Å². The molecule has 0 aromatic heterocycles. The van der Waals surface area contributed by atoms with Crippen molar-refractivity contribution in [2.24, 2.45) is 0 Å². The standard InChI is InChI=1S/C16H39N3O4/c1-18(2,3)13-15(21)11-17(7-9-23-10-8-20)12-16(22)14-19(4,5)6/h15-16,20-22H,7-14H2,1-6H3/q+2. The molecule has 3 N–H and O–H groups in total. The van der Waals surface area contributed by atoms with E-state index in [9.17, 15) is 10.2 Å². The topological polar surface area (TPSA) is 73.2 Å². The van der Waals surface area contributed by atoms with Crippen LogP contribution in [-0.4, -0.2) is 136 Å². The summed E-state index contributed by atoms with van der Waals surface area (Å²) in [5.74, 6) is 0. The molecule has 0 aliphatic carbocycles. The second kappa shape index (κ2) is 10.6. The molecule has 0 saturated carbocycles. The quantitative estimate of drug-likeness (QED) is 0.280. The first kappa shape index (κ1) is 22.7. The predicted molar refractivity (Wildman–Crippen MR) is 92.2 cm³/mol. The fraction of sp³-hybridized carbons (Fsp3) is 1.00. The van der Waals surface area contributed by atoms with E-state index in [-0.39, 0.29) is 6.61 Å². The normalized spacial score (nSPS) is 15.9. The fourth-order valence-corrected chi connectivity index (χ4v) is 2.59. The highest BCUT2D eigenvalue weighted by molar-refractivity contribution is 4.69. The second-order valence-electron chi connectivity index (χ2n) is 8.35. The Kier molecular flexibility index (Phi) is 10.4. The van der Waals surface area contributed by atoms with Gasteiger partial charge in [-0.15, -0.1) is 0 Å². The molecule has 0 fully saturated rings. The zero-order chi connectivity index (χ0) is 18.1. The summed E-state index contributed by atoms with van der Waals surface area (Å²) >= 11 is 0. The van der Waals surface area contributed by atoms with E-state index in [2.05, 4.69) is 0 Å². The highest BCUT2D eigenvalue weighted by atomic mass is 16.5. The van der Waals surface area contributed by atoms with Crippen LogP contribution in [0.5, 0.6) is 0 Å². The van der Waals surface area contributed by atoms with Crippen molar-refractivity contribution >= 4 is 0 Å². The number of hydrogen-bond donors (Lipinski definition) is 3. The summed E-state index contributed by atoms with van der Waals surface area (Å²) in [6.45, 7) is 3.75. The van der Waals surface area contributed by atoms with E-state index in [0.717, 1.165) is 0 Å². The Balaban J connectivity index is 4.48. The zero-order valence-corrected chi connectivity index (χ0v) is 15.9. The van der Waals surface area contributed by atoms with Crippen LogP contribution in [-0.2, 0) is 4.74 Å². The molecule has 0 bridgehead atoms. The van der Waals surface area contributed by atoms with Crippen molar-refractivity contribution in [3.63, 3.8) is 0 Å². The van der Waals surface area contributed by atoms with Gasteiger partial charge in [0.1, 0.15) is 25.3 Å². The molecule has 2 atom stereocenters. The third kappa shape index (κ3) is 15.0. The summed E-state index contributed by atoms with van der Waals surface area (Å²) < 4.78 is 6.70. The van der Waals surface area contributed by atoms with Crippen molar-refractivity contribution < 1.29 is 29.0 Å². The lowest BCUT2D eigenvalue weighted by Gasteiger charge is -2.33. The summed E-state index contributed by atoms with van der Waals surface area (Å²) in [4.78, 5) is 2.04. The first-order valence-electron chi connectivity index (χ1n) is 8.31. The lowest BCUT2D eigenvalue weighted by atomic mass is 10.2. The molecule has 0 rings (SSSR count). The number of hydrogen-bond acceptors (Lipinski definition) is 5. The highest BCUT2D eigenvalue weighted by Gasteiger charge is 2.23. The molecule has 0 aromatic carbocycles. The molecule has 0 heterocycles. The van der Waals surface area contributed by atoms with Crippen molar-refractivity contribution in [1.82, 2.24) is 4.90 Å². The minimum atomic E-state index is -0.454. The van der Waals surface area contributed by atoms with Gasteiger partial charge in [0, 0.05) is 19.6 Å². The Hall–Kier alpha value is -0.280. The maximum atomic E-state index is 10.3. The van der Waals surface area contributed by atoms with Gasteiger partial charge in [0.2, 0.25) is 0 Å². The Morgan fingerprint density at radius 1 is 0.826 bits per heavy atom. The van der Waals surface area contributed by atoms with Crippen molar-refractivity contribution in [2.75, 3.05) is 94.8 Å². The molecule has 7 heteroatoms. The minimum absolute atomic E-state index is 0.00819. The summed E-state index contributed by atoms with van der Waals surface area (Å²) in [7, 11) is 12.3. The van der Waals surface area contributed by atoms with Gasteiger partial charge >= 0.3 is 0 Å². The molecule has 0 radical (unpaired) electrons. The van der Waals surface area contributed by atoms with Crippen molar-refractivity contribution in [3.05, 3.63) is 0 Å². The second-order valence-corrected chi connectivity index (χ2v) is 8.35. The van der Waals surface area contributed by atoms with Gasteiger partial charge in [-0.25, -0.2) is 0 Å². The minimum Gasteiger partial charge on any atom is -0.394 e. The molecule has 0 aliphatic heterocycles. The van der Waals surface area contributed by atoms with E-state index in [1.165, 1.54) is 0 Å². The Labute approximate surface area is 141 Å². The first-order valence-corrected chi connectivity index (χ1v) is 8.31. The Bertz CT molecular complexity index is 279. The summed E-state index contributed by atoms with van der Waals surface area (Å²) in [5.41, 5.74) is 0. The molecule has 0 aromatic rings. The first-order chi connectivity index (χ1) is 10.4. The van der Waals surface area contributed by atoms with Crippen LogP contribution in [0.3, 0.4) is 0 Å². The number of aliphatic hydroxyl groups excluding tert-OH is 3. The molecule has 140 valence electrons. The lowest BCUT2D eigenvalue weighted by molar-refractivity contribution is -0.873. The maximum absolute atomic E-state index is 10.3. The van der Waals surface area contributed by atoms with Gasteiger partial charge < -0.3 is 29.0 Å². The van der Waals surface area contributed by atoms with Gasteiger partial charge in [-0.3, -0.25) is 4.90 Å². The van der Waals surface area contributed by atoms with Gasteiger partial charge in [-0.05, 0) is 0 Å². The number of rotatable bonds is 13. The smallest absolute Gasteiger partial charge is 0.115 e. The largest absolute Gasteiger partial charge is 0.394 e. The van der Waals surface area contributed by atoms with Crippen LogP contribution in [0.15, 0.2) is 0 Å². The van der Waals surface area contributed by atoms with Gasteiger partial charge in [0.15, 0.2) is 0 Å². The van der Waals surface area contributed by atoms with Gasteiger partial charge in [-0.1, -0.05) is 0 Å². The van der Waals surface area contributed by atoms with Gasteiger partial charge in [0.05, 0.1) is 62.1 Å². The van der Waals surface area contributed by atoms with Crippen LogP contribution in [0.25, 0.3) is 0 Å².